The van der Waals surface area contributed by atoms with E-state index in [0.29, 0.717) is 0 Å². The summed E-state index contributed by atoms with van der Waals surface area (Å²) in [6.07, 6.45) is 4.02. The first-order chi connectivity index (χ1) is 9.74. The number of ether oxygens (including phenoxy) is 1. The topological polar surface area (TPSA) is 34.2 Å². The first-order valence-electron chi connectivity index (χ1n) is 7.00. The van der Waals surface area contributed by atoms with Gasteiger partial charge in [-0.1, -0.05) is 19.1 Å². The van der Waals surface area contributed by atoms with E-state index in [1.807, 2.05) is 11.7 Å². The molecule has 0 aliphatic rings. The summed E-state index contributed by atoms with van der Waals surface area (Å²) in [6.45, 7) is 5.27. The third-order valence-electron chi connectivity index (χ3n) is 3.29. The van der Waals surface area contributed by atoms with Gasteiger partial charge in [-0.05, 0) is 31.5 Å². The molecule has 0 aliphatic heterocycles. The number of rotatable bonds is 7. The Balaban J connectivity index is 2.25. The van der Waals surface area contributed by atoms with E-state index in [4.69, 9.17) is 4.74 Å². The van der Waals surface area contributed by atoms with E-state index in [0.717, 1.165) is 25.1 Å². The number of aromatic nitrogens is 1. The van der Waals surface area contributed by atoms with Gasteiger partial charge in [0.1, 0.15) is 5.75 Å². The fraction of sp³-hybridized carbons (Fsp3) is 0.438. The van der Waals surface area contributed by atoms with Crippen LogP contribution in [0.25, 0.3) is 0 Å². The van der Waals surface area contributed by atoms with Crippen molar-refractivity contribution >= 4 is 11.3 Å². The minimum Gasteiger partial charge on any atom is -0.496 e. The van der Waals surface area contributed by atoms with Crippen LogP contribution in [0.15, 0.2) is 29.9 Å². The van der Waals surface area contributed by atoms with E-state index in [-0.39, 0.29) is 6.04 Å². The third kappa shape index (κ3) is 3.81. The van der Waals surface area contributed by atoms with Crippen LogP contribution < -0.4 is 10.1 Å². The zero-order valence-corrected chi connectivity index (χ0v) is 13.2. The van der Waals surface area contributed by atoms with E-state index in [1.54, 1.807) is 18.4 Å². The lowest BCUT2D eigenvalue weighted by atomic mass is 10.00. The predicted octanol–water partition coefficient (Wildman–Crippen LogP) is 3.74. The normalized spacial score (nSPS) is 12.3. The average molecular weight is 290 g/mol. The molecule has 2 aromatic rings. The highest BCUT2D eigenvalue weighted by Crippen LogP contribution is 2.29. The first-order valence-corrected chi connectivity index (χ1v) is 7.87. The molecule has 1 unspecified atom stereocenters. The molecule has 108 valence electrons. The second-order valence-electron chi connectivity index (χ2n) is 4.92. The SMILES string of the molecule is CCCNC(Cc1cncs1)c1ccc(C)cc1OC. The van der Waals surface area contributed by atoms with Crippen LogP contribution in [0.2, 0.25) is 0 Å². The van der Waals surface area contributed by atoms with E-state index in [1.165, 1.54) is 16.0 Å². The highest BCUT2D eigenvalue weighted by atomic mass is 32.1. The standard InChI is InChI=1S/C16H22N2OS/c1-4-7-18-15(9-13-10-17-11-20-13)14-6-5-12(2)8-16(14)19-3/h5-6,8,10-11,15,18H,4,7,9H2,1-3H3. The van der Waals surface area contributed by atoms with Gasteiger partial charge in [0.05, 0.1) is 12.6 Å². The number of benzene rings is 1. The lowest BCUT2D eigenvalue weighted by molar-refractivity contribution is 0.398. The summed E-state index contributed by atoms with van der Waals surface area (Å²) in [5.74, 6) is 0.961. The lowest BCUT2D eigenvalue weighted by Crippen LogP contribution is -2.24. The molecule has 20 heavy (non-hydrogen) atoms. The van der Waals surface area contributed by atoms with Gasteiger partial charge >= 0.3 is 0 Å². The van der Waals surface area contributed by atoms with Crippen LogP contribution in [-0.2, 0) is 6.42 Å². The van der Waals surface area contributed by atoms with Crippen molar-refractivity contribution in [3.63, 3.8) is 0 Å². The maximum atomic E-state index is 5.55. The number of hydrogen-bond donors (Lipinski definition) is 1. The van der Waals surface area contributed by atoms with Gasteiger partial charge in [0, 0.05) is 29.1 Å². The van der Waals surface area contributed by atoms with Gasteiger partial charge in [-0.15, -0.1) is 11.3 Å². The molecule has 2 rings (SSSR count). The van der Waals surface area contributed by atoms with Crippen LogP contribution >= 0.6 is 11.3 Å². The number of methoxy groups -OCH3 is 1. The number of nitrogens with zero attached hydrogens (tertiary/aromatic N) is 1. The fourth-order valence-corrected chi connectivity index (χ4v) is 2.90. The fourth-order valence-electron chi connectivity index (χ4n) is 2.26. The maximum Gasteiger partial charge on any atom is 0.123 e. The average Bonchev–Trinajstić information content (AvgIpc) is 2.96. The summed E-state index contributed by atoms with van der Waals surface area (Å²) in [6, 6.07) is 6.68. The van der Waals surface area contributed by atoms with Crippen molar-refractivity contribution in [1.82, 2.24) is 10.3 Å². The second-order valence-corrected chi connectivity index (χ2v) is 5.89. The summed E-state index contributed by atoms with van der Waals surface area (Å²) in [4.78, 5) is 5.46. The Morgan fingerprint density at radius 1 is 1.40 bits per heavy atom. The molecule has 1 aromatic carbocycles. The zero-order valence-electron chi connectivity index (χ0n) is 12.3. The van der Waals surface area contributed by atoms with Crippen molar-refractivity contribution in [1.29, 1.82) is 0 Å². The Kier molecular flexibility index (Phi) is 5.56. The molecule has 3 nitrogen and oxygen atoms in total. The molecule has 1 atom stereocenters. The summed E-state index contributed by atoms with van der Waals surface area (Å²) in [5.41, 5.74) is 4.33. The van der Waals surface area contributed by atoms with Crippen molar-refractivity contribution in [2.24, 2.45) is 0 Å². The summed E-state index contributed by atoms with van der Waals surface area (Å²) >= 11 is 1.70. The van der Waals surface area contributed by atoms with Gasteiger partial charge in [-0.25, -0.2) is 0 Å². The molecule has 1 N–H and O–H groups in total. The zero-order chi connectivity index (χ0) is 14.4. The minimum absolute atomic E-state index is 0.269. The Hall–Kier alpha value is -1.39. The van der Waals surface area contributed by atoms with E-state index < -0.39 is 0 Å². The van der Waals surface area contributed by atoms with Crippen molar-refractivity contribution in [3.8, 4) is 5.75 Å². The smallest absolute Gasteiger partial charge is 0.123 e. The molecule has 0 radical (unpaired) electrons. The van der Waals surface area contributed by atoms with E-state index in [9.17, 15) is 0 Å². The molecule has 0 saturated heterocycles. The number of aryl methyl sites for hydroxylation is 1. The van der Waals surface area contributed by atoms with Crippen LogP contribution in [-0.4, -0.2) is 18.6 Å². The Labute approximate surface area is 125 Å². The molecule has 0 amide bonds. The quantitative estimate of drug-likeness (QED) is 0.843. The van der Waals surface area contributed by atoms with Gasteiger partial charge in [0.25, 0.3) is 0 Å². The molecular formula is C16H22N2OS. The highest BCUT2D eigenvalue weighted by molar-refractivity contribution is 7.09. The highest BCUT2D eigenvalue weighted by Gasteiger charge is 2.17. The van der Waals surface area contributed by atoms with Crippen molar-refractivity contribution in [3.05, 3.63) is 45.9 Å². The summed E-state index contributed by atoms with van der Waals surface area (Å²) in [5, 5.41) is 3.62. The largest absolute Gasteiger partial charge is 0.496 e. The second kappa shape index (κ2) is 7.41. The van der Waals surface area contributed by atoms with Gasteiger partial charge in [-0.2, -0.15) is 0 Å². The maximum absolute atomic E-state index is 5.55. The van der Waals surface area contributed by atoms with Crippen LogP contribution in [0.3, 0.4) is 0 Å². The van der Waals surface area contributed by atoms with Gasteiger partial charge in [0.15, 0.2) is 0 Å². The lowest BCUT2D eigenvalue weighted by Gasteiger charge is -2.21. The molecule has 0 spiro atoms. The third-order valence-corrected chi connectivity index (χ3v) is 4.10. The molecule has 1 heterocycles. The molecule has 0 aliphatic carbocycles. The van der Waals surface area contributed by atoms with Gasteiger partial charge < -0.3 is 10.1 Å². The first kappa shape index (κ1) is 15.0. The number of nitrogens with one attached hydrogen (secondary N) is 1. The Bertz CT molecular complexity index is 525. The van der Waals surface area contributed by atoms with Crippen LogP contribution in [0.1, 0.15) is 35.4 Å². The molecule has 0 bridgehead atoms. The van der Waals surface area contributed by atoms with Crippen LogP contribution in [0.4, 0.5) is 0 Å². The molecule has 0 fully saturated rings. The number of hydrogen-bond acceptors (Lipinski definition) is 4. The summed E-state index contributed by atoms with van der Waals surface area (Å²) in [7, 11) is 1.74. The van der Waals surface area contributed by atoms with Crippen LogP contribution in [0.5, 0.6) is 5.75 Å². The Morgan fingerprint density at radius 3 is 2.90 bits per heavy atom. The predicted molar refractivity (Wildman–Crippen MR) is 84.6 cm³/mol. The molecule has 4 heteroatoms. The molecule has 0 saturated carbocycles. The summed E-state index contributed by atoms with van der Waals surface area (Å²) < 4.78 is 5.55. The van der Waals surface area contributed by atoms with Crippen LogP contribution in [0, 0.1) is 6.92 Å². The van der Waals surface area contributed by atoms with Crippen molar-refractivity contribution < 1.29 is 4.74 Å². The van der Waals surface area contributed by atoms with Gasteiger partial charge in [0.2, 0.25) is 0 Å². The molecular weight excluding hydrogens is 268 g/mol. The van der Waals surface area contributed by atoms with E-state index >= 15 is 0 Å². The van der Waals surface area contributed by atoms with Gasteiger partial charge in [-0.3, -0.25) is 4.98 Å². The van der Waals surface area contributed by atoms with E-state index in [2.05, 4.69) is 42.3 Å². The monoisotopic (exact) mass is 290 g/mol. The number of thiazole rings is 1. The molecule has 1 aromatic heterocycles. The van der Waals surface area contributed by atoms with Crippen molar-refractivity contribution in [2.45, 2.75) is 32.7 Å². The van der Waals surface area contributed by atoms with Crippen molar-refractivity contribution in [2.75, 3.05) is 13.7 Å². The Morgan fingerprint density at radius 2 is 2.25 bits per heavy atom. The minimum atomic E-state index is 0.269.